The van der Waals surface area contributed by atoms with Gasteiger partial charge in [-0.05, 0) is 30.7 Å². The summed E-state index contributed by atoms with van der Waals surface area (Å²) < 4.78 is 14.5. The molecule has 0 fully saturated rings. The van der Waals surface area contributed by atoms with Crippen molar-refractivity contribution in [2.45, 2.75) is 6.92 Å². The van der Waals surface area contributed by atoms with E-state index in [4.69, 9.17) is 0 Å². The van der Waals surface area contributed by atoms with Gasteiger partial charge in [0.05, 0.1) is 12.2 Å². The first-order valence-corrected chi connectivity index (χ1v) is 4.68. The quantitative estimate of drug-likeness (QED) is 0.731. The highest BCUT2D eigenvalue weighted by Crippen LogP contribution is 2.12. The molecule has 1 heterocycles. The Morgan fingerprint density at radius 1 is 1.33 bits per heavy atom. The molecule has 1 aromatic heterocycles. The average Bonchev–Trinajstić information content (AvgIpc) is 2.71. The maximum absolute atomic E-state index is 12.6. The number of imidazole rings is 1. The molecule has 1 aromatic carbocycles. The van der Waals surface area contributed by atoms with E-state index in [9.17, 15) is 4.39 Å². The van der Waals surface area contributed by atoms with Gasteiger partial charge in [-0.3, -0.25) is 0 Å². The molecule has 0 aliphatic rings. The van der Waals surface area contributed by atoms with Crippen molar-refractivity contribution >= 4 is 6.08 Å². The molecule has 0 spiro atoms. The van der Waals surface area contributed by atoms with Crippen LogP contribution in [-0.2, 0) is 0 Å². The highest BCUT2D eigenvalue weighted by Gasteiger charge is 1.95. The van der Waals surface area contributed by atoms with E-state index in [1.807, 2.05) is 35.0 Å². The van der Waals surface area contributed by atoms with Crippen LogP contribution < -0.4 is 0 Å². The van der Waals surface area contributed by atoms with Gasteiger partial charge in [0.25, 0.3) is 0 Å². The number of rotatable bonds is 2. The fraction of sp³-hybridized carbons (Fsp3) is 0.0833. The maximum Gasteiger partial charge on any atom is 0.0991 e. The lowest BCUT2D eigenvalue weighted by Crippen LogP contribution is -1.88. The summed E-state index contributed by atoms with van der Waals surface area (Å²) in [5, 5.41) is 0. The minimum Gasteiger partial charge on any atom is -0.306 e. The lowest BCUT2D eigenvalue weighted by molar-refractivity contribution is 0.648. The molecule has 3 heteroatoms. The van der Waals surface area contributed by atoms with Crippen molar-refractivity contribution in [3.8, 4) is 5.69 Å². The van der Waals surface area contributed by atoms with Crippen molar-refractivity contribution in [2.24, 2.45) is 0 Å². The molecule has 0 N–H and O–H groups in total. The number of allylic oxidation sites excluding steroid dienone is 1. The summed E-state index contributed by atoms with van der Waals surface area (Å²) >= 11 is 0. The molecule has 0 radical (unpaired) electrons. The van der Waals surface area contributed by atoms with Gasteiger partial charge in [-0.2, -0.15) is 0 Å². The van der Waals surface area contributed by atoms with Gasteiger partial charge in [-0.25, -0.2) is 9.37 Å². The number of halogens is 1. The Balaban J connectivity index is 2.29. The van der Waals surface area contributed by atoms with E-state index in [0.29, 0.717) is 0 Å². The van der Waals surface area contributed by atoms with Crippen LogP contribution >= 0.6 is 0 Å². The average molecular weight is 202 g/mol. The first-order valence-electron chi connectivity index (χ1n) is 4.68. The van der Waals surface area contributed by atoms with E-state index >= 15 is 0 Å². The zero-order valence-electron chi connectivity index (χ0n) is 8.39. The van der Waals surface area contributed by atoms with Gasteiger partial charge in [0, 0.05) is 18.1 Å². The van der Waals surface area contributed by atoms with Crippen LogP contribution in [0.3, 0.4) is 0 Å². The molecular formula is C12H11FN2. The molecule has 2 aromatic rings. The van der Waals surface area contributed by atoms with Crippen LogP contribution in [0, 0.1) is 0 Å². The summed E-state index contributed by atoms with van der Waals surface area (Å²) in [7, 11) is 0. The third-order valence-corrected chi connectivity index (χ3v) is 2.06. The summed E-state index contributed by atoms with van der Waals surface area (Å²) in [5.74, 6) is -0.189. The zero-order chi connectivity index (χ0) is 10.7. The lowest BCUT2D eigenvalue weighted by Gasteiger charge is -2.01. The number of hydrogen-bond acceptors (Lipinski definition) is 1. The highest BCUT2D eigenvalue weighted by molar-refractivity contribution is 5.52. The van der Waals surface area contributed by atoms with Crippen LogP contribution in [0.1, 0.15) is 12.5 Å². The van der Waals surface area contributed by atoms with Crippen molar-refractivity contribution in [1.82, 2.24) is 9.55 Å². The van der Waals surface area contributed by atoms with E-state index in [0.717, 1.165) is 11.3 Å². The molecule has 76 valence electrons. The van der Waals surface area contributed by atoms with Gasteiger partial charge >= 0.3 is 0 Å². The highest BCUT2D eigenvalue weighted by atomic mass is 19.1. The molecule has 0 unspecified atom stereocenters. The second kappa shape index (κ2) is 4.09. The van der Waals surface area contributed by atoms with Crippen molar-refractivity contribution < 1.29 is 4.39 Å². The summed E-state index contributed by atoms with van der Waals surface area (Å²) in [6.45, 7) is 1.43. The maximum atomic E-state index is 12.6. The number of hydrogen-bond donors (Lipinski definition) is 0. The number of nitrogens with zero attached hydrogens (tertiary/aromatic N) is 2. The third-order valence-electron chi connectivity index (χ3n) is 2.06. The van der Waals surface area contributed by atoms with Gasteiger partial charge in [0.2, 0.25) is 0 Å². The van der Waals surface area contributed by atoms with Gasteiger partial charge in [0.15, 0.2) is 0 Å². The predicted molar refractivity (Wildman–Crippen MR) is 58.3 cm³/mol. The smallest absolute Gasteiger partial charge is 0.0991 e. The van der Waals surface area contributed by atoms with E-state index in [2.05, 4.69) is 4.98 Å². The Morgan fingerprint density at radius 2 is 2.07 bits per heavy atom. The fourth-order valence-electron chi connectivity index (χ4n) is 1.38. The van der Waals surface area contributed by atoms with Crippen molar-refractivity contribution in [3.05, 3.63) is 54.4 Å². The van der Waals surface area contributed by atoms with Crippen LogP contribution in [0.2, 0.25) is 0 Å². The molecule has 2 rings (SSSR count). The normalized spacial score (nSPS) is 11.7. The first-order chi connectivity index (χ1) is 7.25. The molecule has 0 aliphatic heterocycles. The Kier molecular flexibility index (Phi) is 2.63. The Hall–Kier alpha value is -1.90. The zero-order valence-corrected chi connectivity index (χ0v) is 8.39. The number of benzene rings is 1. The largest absolute Gasteiger partial charge is 0.306 e. The monoisotopic (exact) mass is 202 g/mol. The minimum atomic E-state index is -0.189. The summed E-state index contributed by atoms with van der Waals surface area (Å²) in [4.78, 5) is 3.96. The van der Waals surface area contributed by atoms with Crippen molar-refractivity contribution in [2.75, 3.05) is 0 Å². The lowest BCUT2D eigenvalue weighted by atomic mass is 10.2. The van der Waals surface area contributed by atoms with E-state index in [-0.39, 0.29) is 5.83 Å². The van der Waals surface area contributed by atoms with E-state index < -0.39 is 0 Å². The summed E-state index contributed by atoms with van der Waals surface area (Å²) in [6.07, 6.45) is 6.81. The fourth-order valence-corrected chi connectivity index (χ4v) is 1.38. The molecule has 0 atom stereocenters. The molecule has 0 saturated heterocycles. The molecule has 15 heavy (non-hydrogen) atoms. The molecule has 2 nitrogen and oxygen atoms in total. The Bertz CT molecular complexity index is 451. The standard InChI is InChI=1S/C12H11FN2/c1-10(13)8-11-2-4-12(5-3-11)15-7-6-14-9-15/h2-9H,1H3/b10-8+. The van der Waals surface area contributed by atoms with Crippen molar-refractivity contribution in [3.63, 3.8) is 0 Å². The topological polar surface area (TPSA) is 17.8 Å². The Labute approximate surface area is 87.7 Å². The molecule has 0 saturated carbocycles. The van der Waals surface area contributed by atoms with Crippen LogP contribution in [-0.4, -0.2) is 9.55 Å². The molecular weight excluding hydrogens is 191 g/mol. The second-order valence-corrected chi connectivity index (χ2v) is 3.29. The van der Waals surface area contributed by atoms with Gasteiger partial charge < -0.3 is 4.57 Å². The molecule has 0 aliphatic carbocycles. The second-order valence-electron chi connectivity index (χ2n) is 3.29. The summed E-state index contributed by atoms with van der Waals surface area (Å²) in [6, 6.07) is 7.60. The third kappa shape index (κ3) is 2.31. The first kappa shape index (κ1) is 9.65. The SMILES string of the molecule is C/C(F)=C\c1ccc(-n2ccnc2)cc1. The van der Waals surface area contributed by atoms with Gasteiger partial charge in [-0.15, -0.1) is 0 Å². The van der Waals surface area contributed by atoms with Crippen LogP contribution in [0.25, 0.3) is 11.8 Å². The minimum absolute atomic E-state index is 0.189. The Morgan fingerprint density at radius 3 is 2.60 bits per heavy atom. The van der Waals surface area contributed by atoms with Crippen molar-refractivity contribution in [1.29, 1.82) is 0 Å². The number of aromatic nitrogens is 2. The van der Waals surface area contributed by atoms with Crippen LogP contribution in [0.4, 0.5) is 4.39 Å². The van der Waals surface area contributed by atoms with E-state index in [1.54, 1.807) is 12.5 Å². The summed E-state index contributed by atoms with van der Waals surface area (Å²) in [5.41, 5.74) is 1.88. The molecule has 0 bridgehead atoms. The van der Waals surface area contributed by atoms with Crippen LogP contribution in [0.15, 0.2) is 48.8 Å². The molecule has 0 amide bonds. The predicted octanol–water partition coefficient (Wildman–Crippen LogP) is 3.20. The van der Waals surface area contributed by atoms with E-state index in [1.165, 1.54) is 13.0 Å². The van der Waals surface area contributed by atoms with Crippen LogP contribution in [0.5, 0.6) is 0 Å². The van der Waals surface area contributed by atoms with Gasteiger partial charge in [0.1, 0.15) is 0 Å². The van der Waals surface area contributed by atoms with Gasteiger partial charge in [-0.1, -0.05) is 12.1 Å².